The molecule has 1 aliphatic heterocycles. The Labute approximate surface area is 139 Å². The van der Waals surface area contributed by atoms with Gasteiger partial charge in [0.2, 0.25) is 0 Å². The molecule has 4 nitrogen and oxygen atoms in total. The molecule has 1 heterocycles. The number of hydrogen-bond acceptors (Lipinski definition) is 3. The summed E-state index contributed by atoms with van der Waals surface area (Å²) < 4.78 is 5.42. The van der Waals surface area contributed by atoms with Crippen molar-refractivity contribution in [2.45, 2.75) is 51.8 Å². The van der Waals surface area contributed by atoms with Crippen molar-refractivity contribution in [1.82, 2.24) is 10.2 Å². The molecule has 1 saturated carbocycles. The van der Waals surface area contributed by atoms with Crippen molar-refractivity contribution in [3.05, 3.63) is 35.9 Å². The molecule has 2 unspecified atom stereocenters. The minimum absolute atomic E-state index is 0.268. The number of carbonyl (C=O) groups excluding carboxylic acids is 1. The van der Waals surface area contributed by atoms with Gasteiger partial charge in [-0.3, -0.25) is 4.90 Å². The van der Waals surface area contributed by atoms with Crippen molar-refractivity contribution in [2.24, 2.45) is 11.8 Å². The van der Waals surface area contributed by atoms with Gasteiger partial charge < -0.3 is 10.1 Å². The number of likely N-dealkylation sites (tertiary alicyclic amines) is 1. The Morgan fingerprint density at radius 1 is 1.17 bits per heavy atom. The number of fused-ring (bicyclic) bond motifs is 2. The molecule has 126 valence electrons. The van der Waals surface area contributed by atoms with Crippen LogP contribution in [0.15, 0.2) is 30.3 Å². The summed E-state index contributed by atoms with van der Waals surface area (Å²) in [7, 11) is 0. The number of hydrogen-bond donors (Lipinski definition) is 1. The van der Waals surface area contributed by atoms with Crippen LogP contribution >= 0.6 is 0 Å². The number of rotatable bonds is 3. The number of carbonyl (C=O) groups is 1. The van der Waals surface area contributed by atoms with E-state index >= 15 is 0 Å². The Kier molecular flexibility index (Phi) is 4.62. The van der Waals surface area contributed by atoms with Gasteiger partial charge in [-0.1, -0.05) is 30.3 Å². The topological polar surface area (TPSA) is 41.6 Å². The van der Waals surface area contributed by atoms with Gasteiger partial charge in [0, 0.05) is 25.7 Å². The second kappa shape index (κ2) is 6.52. The molecule has 3 rings (SSSR count). The summed E-state index contributed by atoms with van der Waals surface area (Å²) in [5.41, 5.74) is 0.933. The maximum absolute atomic E-state index is 12.1. The highest BCUT2D eigenvalue weighted by atomic mass is 16.6. The standard InChI is InChI=1S/C19H28N2O2/c1-19(2,3)23-18(22)20-17-15-9-10-16(17)13-21(12-15)11-14-7-5-4-6-8-14/h4-8,15-17H,9-13H2,1-3H3,(H,20,22). The van der Waals surface area contributed by atoms with Gasteiger partial charge in [-0.15, -0.1) is 0 Å². The third-order valence-electron chi connectivity index (χ3n) is 4.84. The van der Waals surface area contributed by atoms with Gasteiger partial charge in [-0.05, 0) is 51.0 Å². The summed E-state index contributed by atoms with van der Waals surface area (Å²) in [6.45, 7) is 8.85. The van der Waals surface area contributed by atoms with Crippen LogP contribution in [0, 0.1) is 11.8 Å². The molecule has 4 heteroatoms. The second-order valence-electron chi connectivity index (χ2n) is 7.95. The molecule has 0 aromatic heterocycles. The predicted octanol–water partition coefficient (Wildman–Crippen LogP) is 3.42. The summed E-state index contributed by atoms with van der Waals surface area (Å²) >= 11 is 0. The van der Waals surface area contributed by atoms with E-state index in [1.807, 2.05) is 20.8 Å². The molecule has 23 heavy (non-hydrogen) atoms. The molecule has 1 amide bonds. The van der Waals surface area contributed by atoms with E-state index in [2.05, 4.69) is 40.5 Å². The zero-order valence-corrected chi connectivity index (χ0v) is 14.4. The number of nitrogens with one attached hydrogen (secondary N) is 1. The van der Waals surface area contributed by atoms with Crippen molar-refractivity contribution < 1.29 is 9.53 Å². The normalized spacial score (nSPS) is 27.7. The lowest BCUT2D eigenvalue weighted by Gasteiger charge is -2.38. The highest BCUT2D eigenvalue weighted by molar-refractivity contribution is 5.68. The molecular weight excluding hydrogens is 288 g/mol. The molecule has 2 fully saturated rings. The fraction of sp³-hybridized carbons (Fsp3) is 0.632. The largest absolute Gasteiger partial charge is 0.444 e. The number of benzene rings is 1. The predicted molar refractivity (Wildman–Crippen MR) is 91.1 cm³/mol. The van der Waals surface area contributed by atoms with Crippen LogP contribution in [-0.4, -0.2) is 35.7 Å². The van der Waals surface area contributed by atoms with Crippen LogP contribution in [0.25, 0.3) is 0 Å². The Balaban J connectivity index is 1.56. The first-order valence-corrected chi connectivity index (χ1v) is 8.66. The van der Waals surface area contributed by atoms with Crippen molar-refractivity contribution in [3.63, 3.8) is 0 Å². The van der Waals surface area contributed by atoms with Crippen molar-refractivity contribution in [2.75, 3.05) is 13.1 Å². The van der Waals surface area contributed by atoms with Crippen molar-refractivity contribution in [3.8, 4) is 0 Å². The van der Waals surface area contributed by atoms with Crippen LogP contribution < -0.4 is 5.32 Å². The van der Waals surface area contributed by atoms with Crippen molar-refractivity contribution >= 4 is 6.09 Å². The van der Waals surface area contributed by atoms with E-state index in [9.17, 15) is 4.79 Å². The van der Waals surface area contributed by atoms with E-state index in [1.54, 1.807) is 0 Å². The van der Waals surface area contributed by atoms with Crippen LogP contribution in [0.4, 0.5) is 4.79 Å². The Bertz CT molecular complexity index is 524. The molecule has 0 spiro atoms. The molecule has 1 aromatic rings. The lowest BCUT2D eigenvalue weighted by molar-refractivity contribution is 0.0416. The maximum Gasteiger partial charge on any atom is 0.407 e. The number of alkyl carbamates (subject to hydrolysis) is 1. The van der Waals surface area contributed by atoms with E-state index in [0.29, 0.717) is 11.8 Å². The smallest absolute Gasteiger partial charge is 0.407 e. The minimum Gasteiger partial charge on any atom is -0.444 e. The highest BCUT2D eigenvalue weighted by Gasteiger charge is 2.43. The lowest BCUT2D eigenvalue weighted by atomic mass is 9.92. The number of amides is 1. The average Bonchev–Trinajstić information content (AvgIpc) is 2.69. The van der Waals surface area contributed by atoms with E-state index in [1.165, 1.54) is 18.4 Å². The number of ether oxygens (including phenoxy) is 1. The molecule has 1 aromatic carbocycles. The van der Waals surface area contributed by atoms with E-state index < -0.39 is 5.60 Å². The second-order valence-corrected chi connectivity index (χ2v) is 7.95. The average molecular weight is 316 g/mol. The fourth-order valence-electron chi connectivity index (χ4n) is 3.97. The van der Waals surface area contributed by atoms with E-state index in [0.717, 1.165) is 19.6 Å². The van der Waals surface area contributed by atoms with Crippen LogP contribution in [0.1, 0.15) is 39.2 Å². The Hall–Kier alpha value is -1.55. The lowest BCUT2D eigenvalue weighted by Crippen LogP contribution is -2.53. The molecule has 1 saturated heterocycles. The summed E-state index contributed by atoms with van der Waals surface area (Å²) in [5.74, 6) is 1.09. The van der Waals surface area contributed by atoms with Crippen LogP contribution in [-0.2, 0) is 11.3 Å². The fourth-order valence-corrected chi connectivity index (χ4v) is 3.97. The molecule has 2 atom stereocenters. The van der Waals surface area contributed by atoms with Crippen LogP contribution in [0.3, 0.4) is 0 Å². The zero-order chi connectivity index (χ0) is 16.4. The van der Waals surface area contributed by atoms with Gasteiger partial charge in [0.15, 0.2) is 0 Å². The number of nitrogens with zero attached hydrogens (tertiary/aromatic N) is 1. The first kappa shape index (κ1) is 16.3. The van der Waals surface area contributed by atoms with Gasteiger partial charge in [0.25, 0.3) is 0 Å². The van der Waals surface area contributed by atoms with E-state index in [4.69, 9.17) is 4.74 Å². The van der Waals surface area contributed by atoms with E-state index in [-0.39, 0.29) is 12.1 Å². The maximum atomic E-state index is 12.1. The Morgan fingerprint density at radius 3 is 2.35 bits per heavy atom. The summed E-state index contributed by atoms with van der Waals surface area (Å²) in [6, 6.07) is 10.9. The third kappa shape index (κ3) is 4.25. The van der Waals surface area contributed by atoms with Gasteiger partial charge >= 0.3 is 6.09 Å². The zero-order valence-electron chi connectivity index (χ0n) is 14.4. The molecule has 1 N–H and O–H groups in total. The quantitative estimate of drug-likeness (QED) is 0.929. The molecular formula is C19H28N2O2. The molecule has 2 aliphatic rings. The summed E-state index contributed by atoms with van der Waals surface area (Å²) in [4.78, 5) is 14.6. The van der Waals surface area contributed by atoms with Gasteiger partial charge in [0.05, 0.1) is 0 Å². The summed E-state index contributed by atoms with van der Waals surface area (Å²) in [6.07, 6.45) is 2.14. The third-order valence-corrected chi connectivity index (χ3v) is 4.84. The van der Waals surface area contributed by atoms with Crippen LogP contribution in [0.5, 0.6) is 0 Å². The molecule has 2 bridgehead atoms. The molecule has 1 aliphatic carbocycles. The highest BCUT2D eigenvalue weighted by Crippen LogP contribution is 2.37. The van der Waals surface area contributed by atoms with Gasteiger partial charge in [-0.25, -0.2) is 4.79 Å². The van der Waals surface area contributed by atoms with Gasteiger partial charge in [-0.2, -0.15) is 0 Å². The monoisotopic (exact) mass is 316 g/mol. The SMILES string of the molecule is CC(C)(C)OC(=O)NC1C2CCC1CN(Cc1ccccc1)C2. The Morgan fingerprint density at radius 2 is 1.78 bits per heavy atom. The van der Waals surface area contributed by atoms with Gasteiger partial charge in [0.1, 0.15) is 5.60 Å². The first-order valence-electron chi connectivity index (χ1n) is 8.66. The minimum atomic E-state index is -0.433. The van der Waals surface area contributed by atoms with Crippen LogP contribution in [0.2, 0.25) is 0 Å². The van der Waals surface area contributed by atoms with Crippen molar-refractivity contribution in [1.29, 1.82) is 0 Å². The molecule has 0 radical (unpaired) electrons. The number of piperidine rings is 1. The first-order chi connectivity index (χ1) is 10.9. The summed E-state index contributed by atoms with van der Waals surface area (Å²) in [5, 5.41) is 3.13.